The van der Waals surface area contributed by atoms with Crippen LogP contribution in [0.15, 0.2) is 53.1 Å². The number of hydrogen-bond acceptors (Lipinski definition) is 3. The van der Waals surface area contributed by atoms with Crippen LogP contribution in [-0.4, -0.2) is 14.1 Å². The first kappa shape index (κ1) is 17.1. The molecule has 3 heteroatoms. The maximum atomic E-state index is 9.27. The lowest BCUT2D eigenvalue weighted by molar-refractivity contribution is 0.0262. The summed E-state index contributed by atoms with van der Waals surface area (Å²) in [4.78, 5) is 2.08. The molecule has 0 aliphatic heterocycles. The highest BCUT2D eigenvalue weighted by Gasteiger charge is 2.53. The minimum Gasteiger partial charge on any atom is -0.378 e. The Morgan fingerprint density at radius 3 is 2.24 bits per heavy atom. The maximum Gasteiger partial charge on any atom is 0.133 e. The number of hydrogen-bond donors (Lipinski definition) is 0. The van der Waals surface area contributed by atoms with Crippen molar-refractivity contribution in [1.82, 2.24) is 0 Å². The lowest BCUT2D eigenvalue weighted by Crippen LogP contribution is -2.49. The Labute approximate surface area is 150 Å². The number of fused-ring (bicyclic) bond motifs is 1. The van der Waals surface area contributed by atoms with Gasteiger partial charge in [-0.2, -0.15) is 10.5 Å². The second-order valence-corrected chi connectivity index (χ2v) is 7.68. The highest BCUT2D eigenvalue weighted by atomic mass is 15.1. The van der Waals surface area contributed by atoms with Crippen LogP contribution in [0.4, 0.5) is 5.69 Å². The molecule has 2 bridgehead atoms. The molecule has 0 amide bonds. The van der Waals surface area contributed by atoms with Crippen molar-refractivity contribution in [2.45, 2.75) is 20.3 Å². The Bertz CT molecular complexity index is 836. The summed E-state index contributed by atoms with van der Waals surface area (Å²) in [6, 6.07) is 12.6. The van der Waals surface area contributed by atoms with Crippen LogP contribution in [0, 0.1) is 39.9 Å². The molecular weight excluding hydrogens is 306 g/mol. The molecule has 2 atom stereocenters. The molecule has 2 unspecified atom stereocenters. The molecule has 3 aliphatic carbocycles. The van der Waals surface area contributed by atoms with Gasteiger partial charge in [-0.3, -0.25) is 0 Å². The van der Waals surface area contributed by atoms with Gasteiger partial charge < -0.3 is 4.90 Å². The molecule has 0 saturated heterocycles. The number of allylic oxidation sites excluding steroid dienone is 5. The van der Waals surface area contributed by atoms with E-state index in [1.165, 1.54) is 11.3 Å². The van der Waals surface area contributed by atoms with Crippen LogP contribution in [0.1, 0.15) is 25.8 Å². The fourth-order valence-corrected chi connectivity index (χ4v) is 4.04. The van der Waals surface area contributed by atoms with Gasteiger partial charge >= 0.3 is 0 Å². The summed E-state index contributed by atoms with van der Waals surface area (Å²) < 4.78 is 0. The first-order valence-electron chi connectivity index (χ1n) is 8.60. The van der Waals surface area contributed by atoms with Crippen molar-refractivity contribution >= 4 is 11.8 Å². The summed E-state index contributed by atoms with van der Waals surface area (Å²) in [6.07, 6.45) is 7.37. The number of anilines is 1. The summed E-state index contributed by atoms with van der Waals surface area (Å²) in [7, 11) is 4.06. The molecule has 1 fully saturated rings. The van der Waals surface area contributed by atoms with Crippen LogP contribution in [0.3, 0.4) is 0 Å². The summed E-state index contributed by atoms with van der Waals surface area (Å²) in [5.41, 5.74) is 4.84. The van der Waals surface area contributed by atoms with E-state index in [0.29, 0.717) is 11.8 Å². The first-order valence-corrected chi connectivity index (χ1v) is 8.60. The highest BCUT2D eigenvalue weighted by Crippen LogP contribution is 2.61. The number of nitrogens with zero attached hydrogens (tertiary/aromatic N) is 3. The zero-order valence-electron chi connectivity index (χ0n) is 15.2. The van der Waals surface area contributed by atoms with Gasteiger partial charge in [0.1, 0.15) is 17.7 Å². The zero-order chi connectivity index (χ0) is 18.2. The van der Waals surface area contributed by atoms with Crippen molar-refractivity contribution in [3.8, 4) is 12.1 Å². The molecule has 1 saturated carbocycles. The summed E-state index contributed by atoms with van der Waals surface area (Å²) in [5.74, 6) is 0.820. The van der Waals surface area contributed by atoms with E-state index in [9.17, 15) is 10.5 Å². The van der Waals surface area contributed by atoms with Gasteiger partial charge in [0, 0.05) is 19.8 Å². The molecule has 0 aromatic heterocycles. The Balaban J connectivity index is 1.92. The van der Waals surface area contributed by atoms with Gasteiger partial charge in [0.15, 0.2) is 0 Å². The molecule has 3 nitrogen and oxygen atoms in total. The normalized spacial score (nSPS) is 23.3. The van der Waals surface area contributed by atoms with E-state index in [-0.39, 0.29) is 11.0 Å². The van der Waals surface area contributed by atoms with E-state index in [1.54, 1.807) is 0 Å². The van der Waals surface area contributed by atoms with Crippen molar-refractivity contribution in [3.63, 3.8) is 0 Å². The molecule has 1 aromatic carbocycles. The highest BCUT2D eigenvalue weighted by molar-refractivity contribution is 5.61. The Morgan fingerprint density at radius 1 is 1.08 bits per heavy atom. The van der Waals surface area contributed by atoms with Crippen molar-refractivity contribution in [2.24, 2.45) is 17.3 Å². The molecule has 126 valence electrons. The summed E-state index contributed by atoms with van der Waals surface area (Å²) in [5, 5.41) is 18.5. The smallest absolute Gasteiger partial charge is 0.133 e. The topological polar surface area (TPSA) is 50.8 Å². The second-order valence-electron chi connectivity index (χ2n) is 7.68. The molecule has 0 N–H and O–H groups in total. The van der Waals surface area contributed by atoms with Crippen molar-refractivity contribution in [3.05, 3.63) is 58.7 Å². The minimum absolute atomic E-state index is 0.109. The minimum atomic E-state index is 0.109. The molecule has 1 aromatic rings. The monoisotopic (exact) mass is 329 g/mol. The predicted octanol–water partition coefficient (Wildman–Crippen LogP) is 4.71. The third-order valence-electron chi connectivity index (χ3n) is 5.76. The van der Waals surface area contributed by atoms with Gasteiger partial charge in [-0.25, -0.2) is 0 Å². The average molecular weight is 329 g/mol. The van der Waals surface area contributed by atoms with Gasteiger partial charge in [-0.1, -0.05) is 44.2 Å². The molecule has 0 radical (unpaired) electrons. The molecule has 3 aliphatic rings. The quantitative estimate of drug-likeness (QED) is 0.754. The second kappa shape index (κ2) is 6.26. The van der Waals surface area contributed by atoms with Gasteiger partial charge in [0.25, 0.3) is 0 Å². The van der Waals surface area contributed by atoms with Gasteiger partial charge in [0.05, 0.1) is 0 Å². The third-order valence-corrected chi connectivity index (χ3v) is 5.76. The standard InChI is InChI=1S/C22H23N3/c1-22(2)20-12-21(22)19(17(13-23)14-24)11-16(20)8-5-15-6-9-18(10-7-15)25(3)4/h5-11,20-21H,12H2,1-4H3/b8-5+. The van der Waals surface area contributed by atoms with Crippen LogP contribution >= 0.6 is 0 Å². The van der Waals surface area contributed by atoms with Crippen molar-refractivity contribution < 1.29 is 0 Å². The van der Waals surface area contributed by atoms with E-state index in [1.807, 2.05) is 14.1 Å². The van der Waals surface area contributed by atoms with E-state index >= 15 is 0 Å². The number of nitriles is 2. The van der Waals surface area contributed by atoms with Crippen LogP contribution in [0.5, 0.6) is 0 Å². The Morgan fingerprint density at radius 2 is 1.72 bits per heavy atom. The SMILES string of the molecule is CN(C)c1ccc(/C=C/C2=CC(=C(C#N)C#N)C3CC2C3(C)C)cc1. The van der Waals surface area contributed by atoms with E-state index in [0.717, 1.165) is 17.6 Å². The summed E-state index contributed by atoms with van der Waals surface area (Å²) in [6.45, 7) is 4.48. The van der Waals surface area contributed by atoms with E-state index in [4.69, 9.17) is 0 Å². The Hall–Kier alpha value is -2.78. The van der Waals surface area contributed by atoms with Crippen LogP contribution < -0.4 is 4.90 Å². The number of rotatable bonds is 3. The largest absolute Gasteiger partial charge is 0.378 e. The lowest BCUT2D eigenvalue weighted by atomic mass is 9.47. The summed E-state index contributed by atoms with van der Waals surface area (Å²) >= 11 is 0. The molecule has 0 heterocycles. The van der Waals surface area contributed by atoms with E-state index < -0.39 is 0 Å². The molecule has 4 rings (SSSR count). The fraction of sp³-hybridized carbons (Fsp3) is 0.364. The van der Waals surface area contributed by atoms with Gasteiger partial charge in [-0.05, 0) is 52.5 Å². The van der Waals surface area contributed by atoms with Crippen LogP contribution in [0.25, 0.3) is 6.08 Å². The molecule has 0 spiro atoms. The molecule has 25 heavy (non-hydrogen) atoms. The van der Waals surface area contributed by atoms with Crippen molar-refractivity contribution in [1.29, 1.82) is 10.5 Å². The zero-order valence-corrected chi connectivity index (χ0v) is 15.2. The maximum absolute atomic E-state index is 9.27. The van der Waals surface area contributed by atoms with Crippen molar-refractivity contribution in [2.75, 3.05) is 19.0 Å². The van der Waals surface area contributed by atoms with E-state index in [2.05, 4.69) is 73.4 Å². The van der Waals surface area contributed by atoms with Gasteiger partial charge in [-0.15, -0.1) is 0 Å². The lowest BCUT2D eigenvalue weighted by Gasteiger charge is -2.57. The average Bonchev–Trinajstić information content (AvgIpc) is 2.61. The first-order chi connectivity index (χ1) is 11.9. The van der Waals surface area contributed by atoms with Crippen LogP contribution in [0.2, 0.25) is 0 Å². The third kappa shape index (κ3) is 2.87. The fourth-order valence-electron chi connectivity index (χ4n) is 4.04. The van der Waals surface area contributed by atoms with Crippen LogP contribution in [-0.2, 0) is 0 Å². The Kier molecular flexibility index (Phi) is 4.27. The predicted molar refractivity (Wildman–Crippen MR) is 102 cm³/mol. The molecular formula is C22H23N3. The number of benzene rings is 1. The van der Waals surface area contributed by atoms with Gasteiger partial charge in [0.2, 0.25) is 0 Å².